The first-order valence-electron chi connectivity index (χ1n) is 5.44. The van der Waals surface area contributed by atoms with Crippen LogP contribution in [-0.2, 0) is 4.79 Å². The van der Waals surface area contributed by atoms with E-state index in [-0.39, 0.29) is 24.3 Å². The van der Waals surface area contributed by atoms with Crippen molar-refractivity contribution in [3.63, 3.8) is 0 Å². The molecule has 1 aromatic rings. The molecule has 1 fully saturated rings. The minimum Gasteiger partial charge on any atom is -0.369 e. The highest BCUT2D eigenvalue weighted by atomic mass is 19.1. The van der Waals surface area contributed by atoms with E-state index in [2.05, 4.69) is 4.90 Å². The van der Waals surface area contributed by atoms with E-state index < -0.39 is 0 Å². The number of amides is 1. The maximum atomic E-state index is 12.8. The zero-order valence-electron chi connectivity index (χ0n) is 9.03. The molecule has 1 amide bonds. The van der Waals surface area contributed by atoms with Crippen LogP contribution in [0.4, 0.5) is 4.39 Å². The third kappa shape index (κ3) is 2.39. The molecule has 4 heteroatoms. The van der Waals surface area contributed by atoms with E-state index in [1.807, 2.05) is 0 Å². The molecule has 1 saturated heterocycles. The molecule has 0 unspecified atom stereocenters. The maximum absolute atomic E-state index is 12.8. The number of rotatable bonds is 3. The van der Waals surface area contributed by atoms with Crippen LogP contribution in [0.25, 0.3) is 0 Å². The van der Waals surface area contributed by atoms with E-state index >= 15 is 0 Å². The predicted molar refractivity (Wildman–Crippen MR) is 59.1 cm³/mol. The highest BCUT2D eigenvalue weighted by Crippen LogP contribution is 2.31. The Morgan fingerprint density at radius 3 is 2.75 bits per heavy atom. The average molecular weight is 222 g/mol. The van der Waals surface area contributed by atoms with Crippen LogP contribution < -0.4 is 5.73 Å². The Kier molecular flexibility index (Phi) is 3.19. The minimum absolute atomic E-state index is 0.202. The van der Waals surface area contributed by atoms with Crippen LogP contribution in [0.15, 0.2) is 24.3 Å². The van der Waals surface area contributed by atoms with E-state index in [1.165, 1.54) is 12.1 Å². The monoisotopic (exact) mass is 222 g/mol. The number of nitrogens with two attached hydrogens (primary N) is 1. The first-order valence-corrected chi connectivity index (χ1v) is 5.44. The molecule has 0 aliphatic carbocycles. The third-order valence-corrected chi connectivity index (χ3v) is 2.98. The summed E-state index contributed by atoms with van der Waals surface area (Å²) in [6, 6.07) is 6.67. The van der Waals surface area contributed by atoms with Gasteiger partial charge in [0, 0.05) is 6.04 Å². The first kappa shape index (κ1) is 11.1. The standard InChI is InChI=1S/C12H15FN2O/c13-10-5-3-9(4-6-10)11-2-1-7-15(11)8-12(14)16/h3-6,11H,1-2,7-8H2,(H2,14,16)/t11-/m1/s1. The van der Waals surface area contributed by atoms with Crippen molar-refractivity contribution in [2.75, 3.05) is 13.1 Å². The Bertz CT molecular complexity index is 377. The number of carbonyl (C=O) groups excluding carboxylic acids is 1. The van der Waals surface area contributed by atoms with Crippen LogP contribution in [0.2, 0.25) is 0 Å². The predicted octanol–water partition coefficient (Wildman–Crippen LogP) is 1.45. The molecule has 16 heavy (non-hydrogen) atoms. The summed E-state index contributed by atoms with van der Waals surface area (Å²) >= 11 is 0. The molecule has 86 valence electrons. The molecule has 1 heterocycles. The molecule has 3 nitrogen and oxygen atoms in total. The van der Waals surface area contributed by atoms with Gasteiger partial charge in [-0.2, -0.15) is 0 Å². The highest BCUT2D eigenvalue weighted by molar-refractivity contribution is 5.76. The van der Waals surface area contributed by atoms with Crippen molar-refractivity contribution in [3.05, 3.63) is 35.6 Å². The topological polar surface area (TPSA) is 46.3 Å². The molecule has 2 rings (SSSR count). The van der Waals surface area contributed by atoms with Gasteiger partial charge in [0.2, 0.25) is 5.91 Å². The maximum Gasteiger partial charge on any atom is 0.231 e. The number of hydrogen-bond acceptors (Lipinski definition) is 2. The zero-order valence-corrected chi connectivity index (χ0v) is 9.03. The van der Waals surface area contributed by atoms with Crippen molar-refractivity contribution >= 4 is 5.91 Å². The molecule has 0 aromatic heterocycles. The Balaban J connectivity index is 2.13. The third-order valence-electron chi connectivity index (χ3n) is 2.98. The summed E-state index contributed by atoms with van der Waals surface area (Å²) in [5, 5.41) is 0. The number of carbonyl (C=O) groups is 1. The Labute approximate surface area is 94.0 Å². The van der Waals surface area contributed by atoms with Gasteiger partial charge < -0.3 is 5.73 Å². The van der Waals surface area contributed by atoms with Gasteiger partial charge in [-0.15, -0.1) is 0 Å². The molecule has 0 spiro atoms. The van der Waals surface area contributed by atoms with Gasteiger partial charge in [-0.1, -0.05) is 12.1 Å². The van der Waals surface area contributed by atoms with E-state index in [4.69, 9.17) is 5.73 Å². The molecular formula is C12H15FN2O. The summed E-state index contributed by atoms with van der Waals surface area (Å²) < 4.78 is 12.8. The highest BCUT2D eigenvalue weighted by Gasteiger charge is 2.26. The van der Waals surface area contributed by atoms with Crippen LogP contribution in [0.3, 0.4) is 0 Å². The van der Waals surface area contributed by atoms with Crippen LogP contribution >= 0.6 is 0 Å². The summed E-state index contributed by atoms with van der Waals surface area (Å²) in [6.45, 7) is 1.16. The van der Waals surface area contributed by atoms with Gasteiger partial charge in [0.05, 0.1) is 6.54 Å². The quantitative estimate of drug-likeness (QED) is 0.841. The lowest BCUT2D eigenvalue weighted by Gasteiger charge is -2.23. The second-order valence-corrected chi connectivity index (χ2v) is 4.15. The van der Waals surface area contributed by atoms with Gasteiger partial charge in [0.15, 0.2) is 0 Å². The fourth-order valence-corrected chi connectivity index (χ4v) is 2.28. The van der Waals surface area contributed by atoms with Crippen molar-refractivity contribution in [1.82, 2.24) is 4.90 Å². The molecule has 1 aromatic carbocycles. The molecule has 2 N–H and O–H groups in total. The normalized spacial score (nSPS) is 21.2. The zero-order chi connectivity index (χ0) is 11.5. The van der Waals surface area contributed by atoms with E-state index in [1.54, 1.807) is 12.1 Å². The fourth-order valence-electron chi connectivity index (χ4n) is 2.28. The van der Waals surface area contributed by atoms with Crippen molar-refractivity contribution in [3.8, 4) is 0 Å². The minimum atomic E-state index is -0.311. The molecule has 1 aliphatic heterocycles. The summed E-state index contributed by atoms with van der Waals surface area (Å²) in [6.07, 6.45) is 2.05. The Morgan fingerprint density at radius 1 is 1.44 bits per heavy atom. The second kappa shape index (κ2) is 4.61. The molecule has 0 bridgehead atoms. The van der Waals surface area contributed by atoms with Crippen LogP contribution in [0.1, 0.15) is 24.4 Å². The van der Waals surface area contributed by atoms with Crippen molar-refractivity contribution in [1.29, 1.82) is 0 Å². The number of benzene rings is 1. The van der Waals surface area contributed by atoms with Crippen molar-refractivity contribution in [2.24, 2.45) is 5.73 Å². The number of likely N-dealkylation sites (tertiary alicyclic amines) is 1. The lowest BCUT2D eigenvalue weighted by Crippen LogP contribution is -2.33. The second-order valence-electron chi connectivity index (χ2n) is 4.15. The molecular weight excluding hydrogens is 207 g/mol. The van der Waals surface area contributed by atoms with Gasteiger partial charge in [-0.3, -0.25) is 9.69 Å². The SMILES string of the molecule is NC(=O)CN1CCC[C@@H]1c1ccc(F)cc1. The molecule has 0 saturated carbocycles. The number of primary amides is 1. The van der Waals surface area contributed by atoms with Crippen LogP contribution in [0.5, 0.6) is 0 Å². The fraction of sp³-hybridized carbons (Fsp3) is 0.417. The van der Waals surface area contributed by atoms with E-state index in [9.17, 15) is 9.18 Å². The lowest BCUT2D eigenvalue weighted by molar-refractivity contribution is -0.119. The summed E-state index contributed by atoms with van der Waals surface area (Å²) in [5.41, 5.74) is 6.25. The van der Waals surface area contributed by atoms with Gasteiger partial charge >= 0.3 is 0 Å². The van der Waals surface area contributed by atoms with Crippen molar-refractivity contribution < 1.29 is 9.18 Å². The Morgan fingerprint density at radius 2 is 2.12 bits per heavy atom. The van der Waals surface area contributed by atoms with E-state index in [0.29, 0.717) is 0 Å². The number of hydrogen-bond donors (Lipinski definition) is 1. The lowest BCUT2D eigenvalue weighted by atomic mass is 10.0. The van der Waals surface area contributed by atoms with Crippen LogP contribution in [0, 0.1) is 5.82 Å². The van der Waals surface area contributed by atoms with Crippen molar-refractivity contribution in [2.45, 2.75) is 18.9 Å². The summed E-state index contributed by atoms with van der Waals surface area (Å²) in [7, 11) is 0. The van der Waals surface area contributed by atoms with Gasteiger partial charge in [-0.25, -0.2) is 4.39 Å². The van der Waals surface area contributed by atoms with Gasteiger partial charge in [0.25, 0.3) is 0 Å². The molecule has 1 atom stereocenters. The molecule has 0 radical (unpaired) electrons. The summed E-state index contributed by atoms with van der Waals surface area (Å²) in [5.74, 6) is -0.544. The van der Waals surface area contributed by atoms with E-state index in [0.717, 1.165) is 24.9 Å². The van der Waals surface area contributed by atoms with Gasteiger partial charge in [-0.05, 0) is 37.1 Å². The molecule has 1 aliphatic rings. The smallest absolute Gasteiger partial charge is 0.231 e. The number of halogens is 1. The first-order chi connectivity index (χ1) is 7.66. The van der Waals surface area contributed by atoms with Gasteiger partial charge in [0.1, 0.15) is 5.82 Å². The average Bonchev–Trinajstić information content (AvgIpc) is 2.66. The summed E-state index contributed by atoms with van der Waals surface area (Å²) in [4.78, 5) is 13.0. The Hall–Kier alpha value is -1.42. The number of nitrogens with zero attached hydrogens (tertiary/aromatic N) is 1. The largest absolute Gasteiger partial charge is 0.369 e. The van der Waals surface area contributed by atoms with Crippen LogP contribution in [-0.4, -0.2) is 23.9 Å².